The Hall–Kier alpha value is -1.01. The summed E-state index contributed by atoms with van der Waals surface area (Å²) in [7, 11) is 0. The Morgan fingerprint density at radius 2 is 2.16 bits per heavy atom. The van der Waals surface area contributed by atoms with Crippen LogP contribution in [-0.4, -0.2) is 32.9 Å². The zero-order chi connectivity index (χ0) is 13.7. The maximum atomic E-state index is 4.83. The average Bonchev–Trinajstić information content (AvgIpc) is 3.01. The molecule has 0 saturated carbocycles. The van der Waals surface area contributed by atoms with Crippen molar-refractivity contribution >= 4 is 16.3 Å². The van der Waals surface area contributed by atoms with Gasteiger partial charge in [0.05, 0.1) is 0 Å². The highest BCUT2D eigenvalue weighted by molar-refractivity contribution is 7.16. The Balaban J connectivity index is 2.10. The Labute approximate surface area is 117 Å². The van der Waals surface area contributed by atoms with Crippen LogP contribution in [0.2, 0.25) is 0 Å². The summed E-state index contributed by atoms with van der Waals surface area (Å²) in [5, 5.41) is 18.1. The summed E-state index contributed by atoms with van der Waals surface area (Å²) >= 11 is 1.69. The van der Waals surface area contributed by atoms with Crippen molar-refractivity contribution in [2.45, 2.75) is 51.4 Å². The molecule has 19 heavy (non-hydrogen) atoms. The molecule has 5 nitrogen and oxygen atoms in total. The van der Waals surface area contributed by atoms with E-state index in [1.165, 1.54) is 11.4 Å². The fraction of sp³-hybridized carbons (Fsp3) is 0.769. The van der Waals surface area contributed by atoms with Gasteiger partial charge in [-0.3, -0.25) is 0 Å². The first-order valence-electron chi connectivity index (χ1n) is 6.90. The molecule has 1 aliphatic rings. The first kappa shape index (κ1) is 13.0. The highest BCUT2D eigenvalue weighted by Crippen LogP contribution is 2.37. The molecule has 0 bridgehead atoms. The van der Waals surface area contributed by atoms with Gasteiger partial charge in [-0.25, -0.2) is 0 Å². The Kier molecular flexibility index (Phi) is 2.90. The Morgan fingerprint density at radius 1 is 1.37 bits per heavy atom. The van der Waals surface area contributed by atoms with Crippen molar-refractivity contribution in [2.75, 3.05) is 13.1 Å². The second kappa shape index (κ2) is 4.24. The van der Waals surface area contributed by atoms with E-state index in [9.17, 15) is 0 Å². The standard InChI is InChI=1S/C13H21N5S/c1-5-13(6-7-14-8-13)10-17-18-9(12(2,3)4)15-16-11(18)19-10/h14H,5-8H2,1-4H3. The largest absolute Gasteiger partial charge is 0.316 e. The summed E-state index contributed by atoms with van der Waals surface area (Å²) < 4.78 is 1.94. The first-order chi connectivity index (χ1) is 8.96. The molecule has 1 unspecified atom stereocenters. The average molecular weight is 279 g/mol. The maximum Gasteiger partial charge on any atom is 0.234 e. The van der Waals surface area contributed by atoms with E-state index in [4.69, 9.17) is 5.10 Å². The lowest BCUT2D eigenvalue weighted by molar-refractivity contribution is 0.442. The molecule has 0 radical (unpaired) electrons. The van der Waals surface area contributed by atoms with Crippen LogP contribution in [-0.2, 0) is 10.8 Å². The van der Waals surface area contributed by atoms with Gasteiger partial charge in [-0.05, 0) is 19.4 Å². The van der Waals surface area contributed by atoms with Crippen LogP contribution >= 0.6 is 11.3 Å². The maximum absolute atomic E-state index is 4.83. The molecular weight excluding hydrogens is 258 g/mol. The van der Waals surface area contributed by atoms with Crippen molar-refractivity contribution in [3.05, 3.63) is 10.8 Å². The predicted octanol–water partition coefficient (Wildman–Crippen LogP) is 2.12. The van der Waals surface area contributed by atoms with Gasteiger partial charge in [0.1, 0.15) is 5.01 Å². The second-order valence-electron chi connectivity index (χ2n) is 6.44. The minimum Gasteiger partial charge on any atom is -0.316 e. The quantitative estimate of drug-likeness (QED) is 0.915. The molecule has 2 aromatic heterocycles. The summed E-state index contributed by atoms with van der Waals surface area (Å²) in [6, 6.07) is 0. The highest BCUT2D eigenvalue weighted by Gasteiger charge is 2.38. The molecule has 0 aromatic carbocycles. The van der Waals surface area contributed by atoms with Crippen LogP contribution in [0.4, 0.5) is 0 Å². The van der Waals surface area contributed by atoms with Crippen LogP contribution in [0.3, 0.4) is 0 Å². The smallest absolute Gasteiger partial charge is 0.234 e. The fourth-order valence-electron chi connectivity index (χ4n) is 2.68. The van der Waals surface area contributed by atoms with E-state index in [0.29, 0.717) is 0 Å². The molecule has 0 amide bonds. The van der Waals surface area contributed by atoms with E-state index in [2.05, 4.69) is 43.2 Å². The topological polar surface area (TPSA) is 55.1 Å². The molecule has 104 valence electrons. The minimum absolute atomic E-state index is 0.0297. The molecule has 0 spiro atoms. The lowest BCUT2D eigenvalue weighted by atomic mass is 9.85. The molecule has 1 aliphatic heterocycles. The van der Waals surface area contributed by atoms with Crippen LogP contribution in [0.25, 0.3) is 4.96 Å². The third-order valence-electron chi connectivity index (χ3n) is 4.04. The molecule has 3 heterocycles. The molecular formula is C13H21N5S. The van der Waals surface area contributed by atoms with Gasteiger partial charge >= 0.3 is 0 Å². The van der Waals surface area contributed by atoms with Gasteiger partial charge in [0.25, 0.3) is 0 Å². The normalized spacial score (nSPS) is 24.4. The van der Waals surface area contributed by atoms with Gasteiger partial charge in [-0.15, -0.1) is 10.2 Å². The minimum atomic E-state index is -0.0297. The summed E-state index contributed by atoms with van der Waals surface area (Å²) in [6.07, 6.45) is 2.29. The number of hydrogen-bond donors (Lipinski definition) is 1. The molecule has 2 aromatic rings. The highest BCUT2D eigenvalue weighted by atomic mass is 32.1. The number of rotatable bonds is 2. The molecule has 1 fully saturated rings. The number of nitrogens with zero attached hydrogens (tertiary/aromatic N) is 4. The van der Waals surface area contributed by atoms with Crippen molar-refractivity contribution in [1.82, 2.24) is 25.1 Å². The van der Waals surface area contributed by atoms with E-state index < -0.39 is 0 Å². The van der Waals surface area contributed by atoms with Gasteiger partial charge in [-0.2, -0.15) is 9.61 Å². The number of fused-ring (bicyclic) bond motifs is 1. The van der Waals surface area contributed by atoms with Crippen LogP contribution in [0, 0.1) is 0 Å². The molecule has 1 atom stereocenters. The Morgan fingerprint density at radius 3 is 2.74 bits per heavy atom. The van der Waals surface area contributed by atoms with Gasteiger partial charge in [0.15, 0.2) is 5.82 Å². The van der Waals surface area contributed by atoms with Gasteiger partial charge in [0.2, 0.25) is 4.96 Å². The van der Waals surface area contributed by atoms with Crippen molar-refractivity contribution in [2.24, 2.45) is 0 Å². The zero-order valence-electron chi connectivity index (χ0n) is 12.0. The molecule has 0 aliphatic carbocycles. The van der Waals surface area contributed by atoms with Crippen molar-refractivity contribution in [3.8, 4) is 0 Å². The number of hydrogen-bond acceptors (Lipinski definition) is 5. The van der Waals surface area contributed by atoms with Crippen LogP contribution in [0.5, 0.6) is 0 Å². The fourth-order valence-corrected chi connectivity index (χ4v) is 3.80. The van der Waals surface area contributed by atoms with E-state index in [1.54, 1.807) is 11.3 Å². The lowest BCUT2D eigenvalue weighted by Gasteiger charge is -2.23. The molecule has 1 N–H and O–H groups in total. The van der Waals surface area contributed by atoms with E-state index >= 15 is 0 Å². The third-order valence-corrected chi connectivity index (χ3v) is 5.18. The van der Waals surface area contributed by atoms with E-state index in [1.807, 2.05) is 4.52 Å². The molecule has 6 heteroatoms. The van der Waals surface area contributed by atoms with Crippen LogP contribution in [0.15, 0.2) is 0 Å². The SMILES string of the molecule is CCC1(c2nn3c(C(C)(C)C)nnc3s2)CCNC1. The third kappa shape index (κ3) is 1.97. The van der Waals surface area contributed by atoms with Gasteiger partial charge in [-0.1, -0.05) is 39.0 Å². The number of aromatic nitrogens is 4. The monoisotopic (exact) mass is 279 g/mol. The van der Waals surface area contributed by atoms with Gasteiger partial charge in [0, 0.05) is 17.4 Å². The summed E-state index contributed by atoms with van der Waals surface area (Å²) in [6.45, 7) is 10.8. The zero-order valence-corrected chi connectivity index (χ0v) is 12.8. The summed E-state index contributed by atoms with van der Waals surface area (Å²) in [5.74, 6) is 0.946. The van der Waals surface area contributed by atoms with E-state index in [0.717, 1.165) is 30.3 Å². The van der Waals surface area contributed by atoms with Crippen LogP contribution < -0.4 is 5.32 Å². The van der Waals surface area contributed by atoms with Crippen molar-refractivity contribution in [1.29, 1.82) is 0 Å². The second-order valence-corrected chi connectivity index (χ2v) is 7.39. The summed E-state index contributed by atoms with van der Waals surface area (Å²) in [5.41, 5.74) is 0.165. The van der Waals surface area contributed by atoms with Crippen molar-refractivity contribution < 1.29 is 0 Å². The Bertz CT molecular complexity index is 586. The molecule has 3 rings (SSSR count). The van der Waals surface area contributed by atoms with Crippen molar-refractivity contribution in [3.63, 3.8) is 0 Å². The lowest BCUT2D eigenvalue weighted by Crippen LogP contribution is -2.28. The van der Waals surface area contributed by atoms with E-state index in [-0.39, 0.29) is 10.8 Å². The number of nitrogens with one attached hydrogen (secondary N) is 1. The van der Waals surface area contributed by atoms with Crippen LogP contribution in [0.1, 0.15) is 51.4 Å². The summed E-state index contributed by atoms with van der Waals surface area (Å²) in [4.78, 5) is 0.916. The van der Waals surface area contributed by atoms with Gasteiger partial charge < -0.3 is 5.32 Å². The molecule has 1 saturated heterocycles. The predicted molar refractivity (Wildman–Crippen MR) is 76.8 cm³/mol. The first-order valence-corrected chi connectivity index (χ1v) is 7.72.